The lowest BCUT2D eigenvalue weighted by Gasteiger charge is -2.65. The summed E-state index contributed by atoms with van der Waals surface area (Å²) in [5.74, 6) is 1.25. The van der Waals surface area contributed by atoms with Crippen molar-refractivity contribution in [3.63, 3.8) is 0 Å². The van der Waals surface area contributed by atoms with Crippen molar-refractivity contribution in [2.75, 3.05) is 34.9 Å². The van der Waals surface area contributed by atoms with Gasteiger partial charge < -0.3 is 23.7 Å². The van der Waals surface area contributed by atoms with Gasteiger partial charge in [0.05, 0.1) is 19.3 Å². The van der Waals surface area contributed by atoms with Gasteiger partial charge in [0.2, 0.25) is 5.78 Å². The van der Waals surface area contributed by atoms with Crippen LogP contribution in [0.1, 0.15) is 79.1 Å². The topological polar surface area (TPSA) is 80.3 Å². The van der Waals surface area contributed by atoms with Crippen LogP contribution in [0.25, 0.3) is 0 Å². The summed E-state index contributed by atoms with van der Waals surface area (Å²) in [4.78, 5) is 25.0. The number of ketones is 1. The lowest BCUT2D eigenvalue weighted by Crippen LogP contribution is -2.63. The van der Waals surface area contributed by atoms with Crippen LogP contribution < -0.4 is 0 Å². The quantitative estimate of drug-likeness (QED) is 0.220. The van der Waals surface area contributed by atoms with Gasteiger partial charge in [0.1, 0.15) is 13.6 Å². The van der Waals surface area contributed by atoms with Crippen LogP contribution in [0.5, 0.6) is 0 Å². The highest BCUT2D eigenvalue weighted by molar-refractivity contribution is 6.34. The van der Waals surface area contributed by atoms with Crippen LogP contribution in [0.15, 0.2) is 0 Å². The fourth-order valence-electron chi connectivity index (χ4n) is 9.93. The van der Waals surface area contributed by atoms with Crippen LogP contribution in [0.2, 0.25) is 0 Å². The Hall–Kier alpha value is -1.02. The number of esters is 1. The molecule has 0 saturated heterocycles. The molecule has 37 heavy (non-hydrogen) atoms. The van der Waals surface area contributed by atoms with Gasteiger partial charge >= 0.3 is 5.97 Å². The van der Waals surface area contributed by atoms with E-state index in [2.05, 4.69) is 20.8 Å². The maximum atomic E-state index is 12.9. The molecule has 212 valence electrons. The average Bonchev–Trinajstić information content (AvgIpc) is 3.26. The van der Waals surface area contributed by atoms with Crippen molar-refractivity contribution in [2.45, 2.75) is 91.3 Å². The fourth-order valence-corrected chi connectivity index (χ4v) is 9.93. The van der Waals surface area contributed by atoms with E-state index in [4.69, 9.17) is 23.7 Å². The molecule has 0 aliphatic heterocycles. The van der Waals surface area contributed by atoms with Crippen molar-refractivity contribution in [3.8, 4) is 0 Å². The Morgan fingerprint density at radius 2 is 1.51 bits per heavy atom. The lowest BCUT2D eigenvalue weighted by molar-refractivity contribution is -0.239. The molecule has 0 aromatic carbocycles. The molecule has 4 fully saturated rings. The zero-order valence-electron chi connectivity index (χ0n) is 24.1. The van der Waals surface area contributed by atoms with E-state index in [1.165, 1.54) is 13.5 Å². The normalized spacial score (nSPS) is 43.9. The second kappa shape index (κ2) is 11.6. The summed E-state index contributed by atoms with van der Waals surface area (Å²) in [6, 6.07) is 0. The third kappa shape index (κ3) is 4.92. The molecule has 7 heteroatoms. The van der Waals surface area contributed by atoms with Gasteiger partial charge in [0.15, 0.2) is 0 Å². The van der Waals surface area contributed by atoms with Crippen molar-refractivity contribution in [3.05, 3.63) is 0 Å². The molecule has 4 saturated carbocycles. The first kappa shape index (κ1) is 29.0. The van der Waals surface area contributed by atoms with Gasteiger partial charge in [-0.1, -0.05) is 34.1 Å². The molecule has 4 unspecified atom stereocenters. The van der Waals surface area contributed by atoms with Gasteiger partial charge in [-0.05, 0) is 91.3 Å². The zero-order valence-corrected chi connectivity index (χ0v) is 24.1. The number of Topliss-reactive ketones (excluding diaryl/α,β-unsaturated/α-hetero) is 1. The Labute approximate surface area is 223 Å². The van der Waals surface area contributed by atoms with Crippen LogP contribution in [-0.4, -0.2) is 58.9 Å². The van der Waals surface area contributed by atoms with Crippen molar-refractivity contribution in [2.24, 2.45) is 52.3 Å². The van der Waals surface area contributed by atoms with Crippen molar-refractivity contribution < 1.29 is 33.3 Å². The standard InChI is InChI=1S/C30H50O7/c1-8-20-24-15-19(36-16-33-5)11-13-30(24,4)23-12-14-29(3)21(18(2)26(31)28(32)35-7)9-10-22(29)25(23)27(20)37-17-34-6/h18-25,27H,8-17H2,1-7H3/t18-,19+,20+,21+,22?,23?,24-,25?,27+,29+,30?/m0/s1. The predicted octanol–water partition coefficient (Wildman–Crippen LogP) is 5.25. The molecular weight excluding hydrogens is 472 g/mol. The number of carbonyl (C=O) groups is 2. The third-order valence-corrected chi connectivity index (χ3v) is 11.6. The summed E-state index contributed by atoms with van der Waals surface area (Å²) in [6.45, 7) is 9.86. The Balaban J connectivity index is 1.66. The largest absolute Gasteiger partial charge is 0.463 e. The minimum absolute atomic E-state index is 0.0131. The number of fused-ring (bicyclic) bond motifs is 5. The van der Waals surface area contributed by atoms with Gasteiger partial charge in [-0.2, -0.15) is 0 Å². The van der Waals surface area contributed by atoms with E-state index in [1.54, 1.807) is 14.2 Å². The summed E-state index contributed by atoms with van der Waals surface area (Å²) in [5, 5.41) is 0. The molecule has 0 N–H and O–H groups in total. The second-order valence-corrected chi connectivity index (χ2v) is 12.9. The van der Waals surface area contributed by atoms with Gasteiger partial charge in [0, 0.05) is 20.1 Å². The van der Waals surface area contributed by atoms with Crippen molar-refractivity contribution in [1.29, 1.82) is 0 Å². The SMILES string of the molecule is CC[C@H]1[C@@H](OCOC)C2C(CC[C@@]3(C)C2CC[C@@H]3[C@H](C)C(=O)C(=O)OC)C2(C)CC[C@@H](OCOC)C[C@@H]12. The van der Waals surface area contributed by atoms with Crippen LogP contribution in [0.3, 0.4) is 0 Å². The number of carbonyl (C=O) groups excluding carboxylic acids is 2. The van der Waals surface area contributed by atoms with Crippen LogP contribution in [-0.2, 0) is 33.3 Å². The number of ether oxygens (including phenoxy) is 5. The summed E-state index contributed by atoms with van der Waals surface area (Å²) in [6.07, 6.45) is 9.06. The Kier molecular flexibility index (Phi) is 9.09. The number of hydrogen-bond acceptors (Lipinski definition) is 7. The molecule has 4 rings (SSSR count). The molecular formula is C30H50O7. The smallest absolute Gasteiger partial charge is 0.374 e. The zero-order chi connectivity index (χ0) is 27.0. The number of methoxy groups -OCH3 is 3. The Bertz CT molecular complexity index is 816. The summed E-state index contributed by atoms with van der Waals surface area (Å²) >= 11 is 0. The van der Waals surface area contributed by atoms with E-state index < -0.39 is 5.97 Å². The minimum atomic E-state index is -0.707. The highest BCUT2D eigenvalue weighted by Crippen LogP contribution is 2.70. The maximum absolute atomic E-state index is 12.9. The average molecular weight is 523 g/mol. The molecule has 0 spiro atoms. The summed E-state index contributed by atoms with van der Waals surface area (Å²) < 4.78 is 28.2. The van der Waals surface area contributed by atoms with Gasteiger partial charge in [-0.3, -0.25) is 4.79 Å². The molecule has 0 radical (unpaired) electrons. The summed E-state index contributed by atoms with van der Waals surface area (Å²) in [7, 11) is 4.69. The molecule has 7 nitrogen and oxygen atoms in total. The summed E-state index contributed by atoms with van der Waals surface area (Å²) in [5.41, 5.74) is 0.261. The first-order valence-corrected chi connectivity index (χ1v) is 14.5. The Morgan fingerprint density at radius 3 is 2.16 bits per heavy atom. The minimum Gasteiger partial charge on any atom is -0.463 e. The molecule has 0 bridgehead atoms. The fraction of sp³-hybridized carbons (Fsp3) is 0.933. The molecule has 4 aliphatic rings. The molecule has 0 amide bonds. The van der Waals surface area contributed by atoms with Gasteiger partial charge in [0.25, 0.3) is 0 Å². The van der Waals surface area contributed by atoms with Crippen LogP contribution in [0, 0.1) is 52.3 Å². The number of rotatable bonds is 10. The third-order valence-electron chi connectivity index (χ3n) is 11.6. The van der Waals surface area contributed by atoms with Crippen molar-refractivity contribution >= 4 is 11.8 Å². The highest BCUT2D eigenvalue weighted by Gasteiger charge is 2.66. The van der Waals surface area contributed by atoms with E-state index in [-0.39, 0.29) is 40.7 Å². The first-order chi connectivity index (χ1) is 17.7. The number of hydrogen-bond donors (Lipinski definition) is 0. The Morgan fingerprint density at radius 1 is 0.865 bits per heavy atom. The predicted molar refractivity (Wildman–Crippen MR) is 139 cm³/mol. The van der Waals surface area contributed by atoms with E-state index in [0.717, 1.165) is 44.9 Å². The highest BCUT2D eigenvalue weighted by atomic mass is 16.7. The van der Waals surface area contributed by atoms with Gasteiger partial charge in [-0.25, -0.2) is 4.79 Å². The van der Waals surface area contributed by atoms with E-state index in [9.17, 15) is 9.59 Å². The molecule has 11 atom stereocenters. The molecule has 0 heterocycles. The van der Waals surface area contributed by atoms with Crippen molar-refractivity contribution in [1.82, 2.24) is 0 Å². The van der Waals surface area contributed by atoms with E-state index in [1.807, 2.05) is 6.92 Å². The first-order valence-electron chi connectivity index (χ1n) is 14.5. The van der Waals surface area contributed by atoms with E-state index >= 15 is 0 Å². The molecule has 0 aromatic rings. The monoisotopic (exact) mass is 522 g/mol. The second-order valence-electron chi connectivity index (χ2n) is 12.9. The molecule has 4 aliphatic carbocycles. The molecule has 0 aromatic heterocycles. The van der Waals surface area contributed by atoms with Crippen LogP contribution in [0.4, 0.5) is 0 Å². The lowest BCUT2D eigenvalue weighted by atomic mass is 9.41. The maximum Gasteiger partial charge on any atom is 0.374 e. The van der Waals surface area contributed by atoms with Crippen LogP contribution >= 0.6 is 0 Å². The van der Waals surface area contributed by atoms with Gasteiger partial charge in [-0.15, -0.1) is 0 Å². The van der Waals surface area contributed by atoms with E-state index in [0.29, 0.717) is 43.2 Å².